The van der Waals surface area contributed by atoms with Crippen molar-refractivity contribution >= 4 is 21.4 Å². The molecule has 0 amide bonds. The molecule has 0 unspecified atom stereocenters. The van der Waals surface area contributed by atoms with Crippen LogP contribution in [0.1, 0.15) is 0 Å². The molecule has 0 aliphatic carbocycles. The molecule has 114 valence electrons. The monoisotopic (exact) mass is 320 g/mol. The van der Waals surface area contributed by atoms with Crippen LogP contribution in [0.15, 0.2) is 60.9 Å². The van der Waals surface area contributed by atoms with E-state index in [9.17, 15) is 8.42 Å². The number of aromatic nitrogens is 2. The van der Waals surface area contributed by atoms with Gasteiger partial charge in [-0.05, 0) is 36.4 Å². The number of rotatable bonds is 2. The fourth-order valence-electron chi connectivity index (χ4n) is 1.53. The average molecular weight is 320 g/mol. The fourth-order valence-corrected chi connectivity index (χ4v) is 1.89. The predicted molar refractivity (Wildman–Crippen MR) is 79.8 cm³/mol. The van der Waals surface area contributed by atoms with Gasteiger partial charge in [-0.3, -0.25) is 14.5 Å². The molecule has 0 saturated carbocycles. The van der Waals surface area contributed by atoms with E-state index in [4.69, 9.17) is 9.66 Å². The third-order valence-electron chi connectivity index (χ3n) is 2.41. The van der Waals surface area contributed by atoms with Crippen molar-refractivity contribution in [2.45, 2.75) is 0 Å². The summed E-state index contributed by atoms with van der Waals surface area (Å²) in [6, 6.07) is 12.7. The summed E-state index contributed by atoms with van der Waals surface area (Å²) in [6.07, 6.45) is 3.39. The average Bonchev–Trinajstić information content (AvgIpc) is 2.49. The van der Waals surface area contributed by atoms with Crippen LogP contribution in [0.5, 0.6) is 11.5 Å². The second-order valence-corrected chi connectivity index (χ2v) is 5.07. The molecule has 0 fully saturated rings. The summed E-state index contributed by atoms with van der Waals surface area (Å²) < 4.78 is 32.6. The van der Waals surface area contributed by atoms with Crippen LogP contribution in [0.3, 0.4) is 0 Å². The van der Waals surface area contributed by atoms with Crippen molar-refractivity contribution in [3.8, 4) is 11.5 Å². The Labute approximate surface area is 126 Å². The highest BCUT2D eigenvalue weighted by atomic mass is 32.3. The van der Waals surface area contributed by atoms with Gasteiger partial charge in [0.15, 0.2) is 0 Å². The molecular weight excluding hydrogens is 308 g/mol. The highest BCUT2D eigenvalue weighted by molar-refractivity contribution is 7.81. The molecule has 22 heavy (non-hydrogen) atoms. The van der Waals surface area contributed by atoms with Gasteiger partial charge in [0.25, 0.3) is 0 Å². The highest BCUT2D eigenvalue weighted by Crippen LogP contribution is 2.16. The molecule has 2 aromatic carbocycles. The van der Waals surface area contributed by atoms with Gasteiger partial charge in [-0.2, -0.15) is 8.42 Å². The van der Waals surface area contributed by atoms with Crippen molar-refractivity contribution in [3.05, 3.63) is 60.9 Å². The van der Waals surface area contributed by atoms with Crippen molar-refractivity contribution in [1.29, 1.82) is 0 Å². The number of benzene rings is 2. The molecule has 0 saturated heterocycles. The molecule has 0 aliphatic rings. The van der Waals surface area contributed by atoms with Crippen molar-refractivity contribution in [1.82, 2.24) is 9.97 Å². The Balaban J connectivity index is 0.000000162. The normalized spacial score (nSPS) is 10.6. The van der Waals surface area contributed by atoms with E-state index >= 15 is 0 Å². The molecule has 1 heterocycles. The van der Waals surface area contributed by atoms with Crippen LogP contribution in [0.2, 0.25) is 0 Å². The molecule has 7 nitrogen and oxygen atoms in total. The van der Waals surface area contributed by atoms with Gasteiger partial charge >= 0.3 is 10.4 Å². The van der Waals surface area contributed by atoms with Crippen molar-refractivity contribution in [2.75, 3.05) is 0 Å². The van der Waals surface area contributed by atoms with Crippen molar-refractivity contribution < 1.29 is 22.3 Å². The standard InChI is InChI=1S/C8H6N2.C6H6O5S/c1-2-4-8-7(3-1)9-5-6-10-8;7-5-1-3-6(4-2-5)11-12(8,9)10/h1-6H;1-4,7H,(H,8,9,10). The molecule has 0 aliphatic heterocycles. The van der Waals surface area contributed by atoms with E-state index in [1.54, 1.807) is 12.4 Å². The van der Waals surface area contributed by atoms with Crippen molar-refractivity contribution in [3.63, 3.8) is 0 Å². The quantitative estimate of drug-likeness (QED) is 0.696. The lowest BCUT2D eigenvalue weighted by atomic mass is 10.3. The first-order chi connectivity index (χ1) is 10.4. The number of phenolic OH excluding ortho intramolecular Hbond substituents is 1. The first kappa shape index (κ1) is 15.7. The maximum atomic E-state index is 10.2. The van der Waals surface area contributed by atoms with E-state index in [-0.39, 0.29) is 11.5 Å². The fraction of sp³-hybridized carbons (Fsp3) is 0. The summed E-state index contributed by atoms with van der Waals surface area (Å²) >= 11 is 0. The Hall–Kier alpha value is -2.71. The minimum Gasteiger partial charge on any atom is -0.508 e. The molecule has 1 aromatic heterocycles. The largest absolute Gasteiger partial charge is 0.508 e. The molecule has 2 N–H and O–H groups in total. The smallest absolute Gasteiger partial charge is 0.446 e. The van der Waals surface area contributed by atoms with Crippen LogP contribution in [-0.4, -0.2) is 28.0 Å². The number of fused-ring (bicyclic) bond motifs is 1. The van der Waals surface area contributed by atoms with Crippen LogP contribution in [0.4, 0.5) is 0 Å². The van der Waals surface area contributed by atoms with Gasteiger partial charge in [0.1, 0.15) is 11.5 Å². The first-order valence-corrected chi connectivity index (χ1v) is 7.42. The van der Waals surface area contributed by atoms with Crippen LogP contribution in [0.25, 0.3) is 11.0 Å². The molecule has 0 atom stereocenters. The highest BCUT2D eigenvalue weighted by Gasteiger charge is 2.05. The third-order valence-corrected chi connectivity index (χ3v) is 2.82. The first-order valence-electron chi connectivity index (χ1n) is 6.06. The number of hydrogen-bond acceptors (Lipinski definition) is 6. The van der Waals surface area contributed by atoms with E-state index in [1.807, 2.05) is 24.3 Å². The van der Waals surface area contributed by atoms with Gasteiger partial charge in [0, 0.05) is 12.4 Å². The maximum Gasteiger partial charge on any atom is 0.446 e. The number of hydrogen-bond donors (Lipinski definition) is 2. The van der Waals surface area contributed by atoms with Crippen molar-refractivity contribution in [2.24, 2.45) is 0 Å². The zero-order valence-corrected chi connectivity index (χ0v) is 12.0. The zero-order valence-electron chi connectivity index (χ0n) is 11.2. The lowest BCUT2D eigenvalue weighted by Crippen LogP contribution is -2.06. The molecule has 3 rings (SSSR count). The molecular formula is C14H12N2O5S. The minimum atomic E-state index is -4.47. The molecule has 0 bridgehead atoms. The van der Waals surface area contributed by atoms with Crippen LogP contribution in [-0.2, 0) is 10.4 Å². The van der Waals surface area contributed by atoms with Gasteiger partial charge in [-0.15, -0.1) is 0 Å². The number of para-hydroxylation sites is 2. The lowest BCUT2D eigenvalue weighted by Gasteiger charge is -1.99. The molecule has 0 spiro atoms. The van der Waals surface area contributed by atoms with E-state index in [1.165, 1.54) is 24.3 Å². The lowest BCUT2D eigenvalue weighted by molar-refractivity contribution is 0.386. The Morgan fingerprint density at radius 2 is 1.36 bits per heavy atom. The molecule has 8 heteroatoms. The Morgan fingerprint density at radius 3 is 1.82 bits per heavy atom. The molecule has 3 aromatic rings. The van der Waals surface area contributed by atoms with E-state index in [2.05, 4.69) is 14.2 Å². The summed E-state index contributed by atoms with van der Waals surface area (Å²) in [7, 11) is -4.47. The number of nitrogens with zero attached hydrogens (tertiary/aromatic N) is 2. The van der Waals surface area contributed by atoms with Gasteiger partial charge in [-0.25, -0.2) is 0 Å². The van der Waals surface area contributed by atoms with Gasteiger partial charge < -0.3 is 9.29 Å². The topological polar surface area (TPSA) is 110 Å². The van der Waals surface area contributed by atoms with E-state index < -0.39 is 10.4 Å². The Morgan fingerprint density at radius 1 is 0.864 bits per heavy atom. The summed E-state index contributed by atoms with van der Waals surface area (Å²) in [5.74, 6) is -0.0759. The van der Waals surface area contributed by atoms with E-state index in [0.29, 0.717) is 0 Å². The zero-order chi connectivity index (χ0) is 16.0. The third kappa shape index (κ3) is 5.00. The van der Waals surface area contributed by atoms with Gasteiger partial charge in [-0.1, -0.05) is 12.1 Å². The molecule has 0 radical (unpaired) electrons. The summed E-state index contributed by atoms with van der Waals surface area (Å²) in [4.78, 5) is 8.24. The maximum absolute atomic E-state index is 10.2. The summed E-state index contributed by atoms with van der Waals surface area (Å²) in [5, 5.41) is 8.79. The second-order valence-electron chi connectivity index (χ2n) is 4.05. The second kappa shape index (κ2) is 6.83. The number of aromatic hydroxyl groups is 1. The van der Waals surface area contributed by atoms with Crippen LogP contribution in [0, 0.1) is 0 Å². The Bertz CT molecular complexity index is 785. The Kier molecular flexibility index (Phi) is 4.87. The summed E-state index contributed by atoms with van der Waals surface area (Å²) in [6.45, 7) is 0. The van der Waals surface area contributed by atoms with Gasteiger partial charge in [0.05, 0.1) is 11.0 Å². The van der Waals surface area contributed by atoms with Crippen LogP contribution < -0.4 is 4.18 Å². The predicted octanol–water partition coefficient (Wildman–Crippen LogP) is 2.20. The van der Waals surface area contributed by atoms with Crippen LogP contribution >= 0.6 is 0 Å². The summed E-state index contributed by atoms with van der Waals surface area (Å²) in [5.41, 5.74) is 1.90. The van der Waals surface area contributed by atoms with Gasteiger partial charge in [0.2, 0.25) is 0 Å². The van der Waals surface area contributed by atoms with E-state index in [0.717, 1.165) is 11.0 Å². The number of phenols is 1. The minimum absolute atomic E-state index is 0.0160. The SMILES string of the molecule is O=S(=O)(O)Oc1ccc(O)cc1.c1ccc2nccnc2c1.